The molecule has 0 saturated carbocycles. The third kappa shape index (κ3) is 4.33. The van der Waals surface area contributed by atoms with Gasteiger partial charge in [0.1, 0.15) is 0 Å². The van der Waals surface area contributed by atoms with Gasteiger partial charge in [0.2, 0.25) is 0 Å². The van der Waals surface area contributed by atoms with E-state index in [-0.39, 0.29) is 5.97 Å². The largest absolute Gasteiger partial charge is 0.469 e. The number of carbonyl (C=O) groups excluding carboxylic acids is 1. The van der Waals surface area contributed by atoms with Crippen LogP contribution in [0, 0.1) is 0 Å². The van der Waals surface area contributed by atoms with Gasteiger partial charge < -0.3 is 9.64 Å². The minimum atomic E-state index is -0.127. The first-order valence-electron chi connectivity index (χ1n) is 6.66. The maximum absolute atomic E-state index is 11.1. The summed E-state index contributed by atoms with van der Waals surface area (Å²) in [6.45, 7) is 5.85. The Balaban J connectivity index is 1.69. The molecule has 19 heavy (non-hydrogen) atoms. The molecule has 0 radical (unpaired) electrons. The molecule has 0 spiro atoms. The second kappa shape index (κ2) is 6.68. The van der Waals surface area contributed by atoms with Crippen LogP contribution in [-0.2, 0) is 23.1 Å². The van der Waals surface area contributed by atoms with Crippen LogP contribution in [0.3, 0.4) is 0 Å². The van der Waals surface area contributed by atoms with Crippen molar-refractivity contribution in [3.05, 3.63) is 18.0 Å². The first-order chi connectivity index (χ1) is 9.17. The second-order valence-corrected chi connectivity index (χ2v) is 4.97. The number of carbonyl (C=O) groups is 1. The summed E-state index contributed by atoms with van der Waals surface area (Å²) in [4.78, 5) is 15.8. The molecule has 0 atom stereocenters. The van der Waals surface area contributed by atoms with Gasteiger partial charge in [0.05, 0.1) is 19.7 Å². The molecule has 6 nitrogen and oxygen atoms in total. The van der Waals surface area contributed by atoms with Gasteiger partial charge in [-0.3, -0.25) is 14.4 Å². The van der Waals surface area contributed by atoms with Gasteiger partial charge in [0, 0.05) is 58.1 Å². The van der Waals surface area contributed by atoms with Crippen molar-refractivity contribution in [3.63, 3.8) is 0 Å². The summed E-state index contributed by atoms with van der Waals surface area (Å²) >= 11 is 0. The van der Waals surface area contributed by atoms with Crippen LogP contribution >= 0.6 is 0 Å². The Kier molecular flexibility index (Phi) is 4.93. The highest BCUT2D eigenvalue weighted by atomic mass is 16.5. The van der Waals surface area contributed by atoms with Gasteiger partial charge in [0.15, 0.2) is 0 Å². The fourth-order valence-electron chi connectivity index (χ4n) is 2.33. The first-order valence-corrected chi connectivity index (χ1v) is 6.66. The Labute approximate surface area is 113 Å². The lowest BCUT2D eigenvalue weighted by molar-refractivity contribution is -0.141. The van der Waals surface area contributed by atoms with Crippen molar-refractivity contribution in [1.29, 1.82) is 0 Å². The number of piperazine rings is 1. The van der Waals surface area contributed by atoms with Gasteiger partial charge in [-0.05, 0) is 0 Å². The molecule has 6 heteroatoms. The lowest BCUT2D eigenvalue weighted by Crippen LogP contribution is -2.46. The van der Waals surface area contributed by atoms with Gasteiger partial charge >= 0.3 is 5.97 Å². The standard InChI is InChI=1S/C13H22N4O2/c1-15-10-12(9-14-15)11-17-7-5-16(6-8-17)4-3-13(18)19-2/h9-10H,3-8,11H2,1-2H3. The van der Waals surface area contributed by atoms with Crippen LogP contribution in [-0.4, -0.2) is 65.4 Å². The minimum absolute atomic E-state index is 0.127. The van der Waals surface area contributed by atoms with Crippen LogP contribution in [0.1, 0.15) is 12.0 Å². The Bertz CT molecular complexity index is 411. The highest BCUT2D eigenvalue weighted by Crippen LogP contribution is 2.08. The van der Waals surface area contributed by atoms with Gasteiger partial charge in [-0.1, -0.05) is 0 Å². The van der Waals surface area contributed by atoms with Crippen LogP contribution in [0.5, 0.6) is 0 Å². The third-order valence-corrected chi connectivity index (χ3v) is 3.49. The van der Waals surface area contributed by atoms with E-state index in [4.69, 9.17) is 0 Å². The van der Waals surface area contributed by atoms with Crippen molar-refractivity contribution >= 4 is 5.97 Å². The molecule has 2 heterocycles. The molecule has 0 amide bonds. The van der Waals surface area contributed by atoms with E-state index in [1.54, 1.807) is 0 Å². The monoisotopic (exact) mass is 266 g/mol. The van der Waals surface area contributed by atoms with Crippen molar-refractivity contribution in [2.24, 2.45) is 7.05 Å². The van der Waals surface area contributed by atoms with E-state index < -0.39 is 0 Å². The molecule has 1 saturated heterocycles. The Morgan fingerprint density at radius 3 is 2.58 bits per heavy atom. The summed E-state index contributed by atoms with van der Waals surface area (Å²) in [5.41, 5.74) is 1.26. The summed E-state index contributed by atoms with van der Waals surface area (Å²) in [7, 11) is 3.38. The van der Waals surface area contributed by atoms with Crippen LogP contribution in [0.25, 0.3) is 0 Å². The summed E-state index contributed by atoms with van der Waals surface area (Å²) in [5.74, 6) is -0.127. The van der Waals surface area contributed by atoms with E-state index in [1.807, 2.05) is 17.9 Å². The SMILES string of the molecule is COC(=O)CCN1CCN(Cc2cnn(C)c2)CC1. The Morgan fingerprint density at radius 2 is 2.00 bits per heavy atom. The molecule has 0 aliphatic carbocycles. The lowest BCUT2D eigenvalue weighted by atomic mass is 10.2. The van der Waals surface area contributed by atoms with Crippen LogP contribution < -0.4 is 0 Å². The smallest absolute Gasteiger partial charge is 0.306 e. The predicted molar refractivity (Wildman–Crippen MR) is 71.6 cm³/mol. The molecule has 0 aromatic carbocycles. The van der Waals surface area contributed by atoms with E-state index in [0.717, 1.165) is 39.3 Å². The van der Waals surface area contributed by atoms with Crippen molar-refractivity contribution in [2.45, 2.75) is 13.0 Å². The topological polar surface area (TPSA) is 50.6 Å². The van der Waals surface area contributed by atoms with Crippen LogP contribution in [0.4, 0.5) is 0 Å². The minimum Gasteiger partial charge on any atom is -0.469 e. The van der Waals surface area contributed by atoms with E-state index in [2.05, 4.69) is 25.8 Å². The van der Waals surface area contributed by atoms with E-state index >= 15 is 0 Å². The van der Waals surface area contributed by atoms with Gasteiger partial charge in [-0.15, -0.1) is 0 Å². The first kappa shape index (κ1) is 14.0. The molecule has 0 unspecified atom stereocenters. The maximum Gasteiger partial charge on any atom is 0.306 e. The molecule has 1 fully saturated rings. The highest BCUT2D eigenvalue weighted by Gasteiger charge is 2.17. The quantitative estimate of drug-likeness (QED) is 0.708. The van der Waals surface area contributed by atoms with Gasteiger partial charge in [0.25, 0.3) is 0 Å². The van der Waals surface area contributed by atoms with E-state index in [0.29, 0.717) is 6.42 Å². The molecule has 1 aliphatic heterocycles. The molecular weight excluding hydrogens is 244 g/mol. The summed E-state index contributed by atoms with van der Waals surface area (Å²) in [6.07, 6.45) is 4.46. The average molecular weight is 266 g/mol. The molecule has 0 N–H and O–H groups in total. The number of aromatic nitrogens is 2. The summed E-state index contributed by atoms with van der Waals surface area (Å²) in [5, 5.41) is 4.18. The van der Waals surface area contributed by atoms with Crippen molar-refractivity contribution < 1.29 is 9.53 Å². The summed E-state index contributed by atoms with van der Waals surface area (Å²) < 4.78 is 6.49. The second-order valence-electron chi connectivity index (χ2n) is 4.97. The van der Waals surface area contributed by atoms with Crippen molar-refractivity contribution in [1.82, 2.24) is 19.6 Å². The molecule has 1 aromatic rings. The maximum atomic E-state index is 11.1. The number of hydrogen-bond acceptors (Lipinski definition) is 5. The number of ether oxygens (including phenoxy) is 1. The zero-order chi connectivity index (χ0) is 13.7. The molecule has 1 aromatic heterocycles. The average Bonchev–Trinajstić information content (AvgIpc) is 2.83. The highest BCUT2D eigenvalue weighted by molar-refractivity contribution is 5.69. The molecule has 0 bridgehead atoms. The molecule has 1 aliphatic rings. The number of esters is 1. The number of rotatable bonds is 5. The van der Waals surface area contributed by atoms with Crippen molar-refractivity contribution in [3.8, 4) is 0 Å². The van der Waals surface area contributed by atoms with Crippen molar-refractivity contribution in [2.75, 3.05) is 39.8 Å². The Morgan fingerprint density at radius 1 is 1.32 bits per heavy atom. The fraction of sp³-hybridized carbons (Fsp3) is 0.692. The number of nitrogens with zero attached hydrogens (tertiary/aromatic N) is 4. The lowest BCUT2D eigenvalue weighted by Gasteiger charge is -2.34. The zero-order valence-corrected chi connectivity index (χ0v) is 11.7. The number of aryl methyl sites for hydroxylation is 1. The van der Waals surface area contributed by atoms with Crippen LogP contribution in [0.2, 0.25) is 0 Å². The zero-order valence-electron chi connectivity index (χ0n) is 11.7. The number of hydrogen-bond donors (Lipinski definition) is 0. The molecule has 2 rings (SSSR count). The van der Waals surface area contributed by atoms with E-state index in [1.165, 1.54) is 12.7 Å². The summed E-state index contributed by atoms with van der Waals surface area (Å²) in [6, 6.07) is 0. The number of methoxy groups -OCH3 is 1. The normalized spacial score (nSPS) is 17.6. The van der Waals surface area contributed by atoms with Gasteiger partial charge in [-0.25, -0.2) is 0 Å². The Hall–Kier alpha value is -1.40. The fourth-order valence-corrected chi connectivity index (χ4v) is 2.33. The van der Waals surface area contributed by atoms with E-state index in [9.17, 15) is 4.79 Å². The molecule has 106 valence electrons. The third-order valence-electron chi connectivity index (χ3n) is 3.49. The van der Waals surface area contributed by atoms with Crippen LogP contribution in [0.15, 0.2) is 12.4 Å². The predicted octanol–water partition coefficient (Wildman–Crippen LogP) is 0.101. The van der Waals surface area contributed by atoms with Gasteiger partial charge in [-0.2, -0.15) is 5.10 Å². The molecular formula is C13H22N4O2.